The highest BCUT2D eigenvalue weighted by Crippen LogP contribution is 2.18. The Morgan fingerprint density at radius 2 is 2.05 bits per heavy atom. The third kappa shape index (κ3) is 5.31. The number of carbonyl (C=O) groups is 1. The third-order valence-corrected chi connectivity index (χ3v) is 3.56. The molecular weight excluding hydrogens is 280 g/mol. The topological polar surface area (TPSA) is 61.8 Å². The molecule has 1 aromatic carbocycles. The molecule has 5 heteroatoms. The van der Waals surface area contributed by atoms with E-state index in [1.54, 1.807) is 0 Å². The third-order valence-electron chi connectivity index (χ3n) is 3.56. The molecule has 22 heavy (non-hydrogen) atoms. The van der Waals surface area contributed by atoms with Gasteiger partial charge in [-0.15, -0.1) is 0 Å². The number of amides is 1. The van der Waals surface area contributed by atoms with Crippen LogP contribution in [0.25, 0.3) is 0 Å². The van der Waals surface area contributed by atoms with Gasteiger partial charge in [0.15, 0.2) is 0 Å². The number of fused-ring (bicyclic) bond motifs is 1. The molecule has 0 radical (unpaired) electrons. The molecule has 2 N–H and O–H groups in total. The number of hydrogen-bond acceptors (Lipinski definition) is 4. The number of β-amino-alcohol motifs (C(OH)–C–C–N with tert-alkyl or cyclic N) is 1. The highest BCUT2D eigenvalue weighted by molar-refractivity contribution is 5.67. The Morgan fingerprint density at radius 1 is 1.36 bits per heavy atom. The Bertz CT molecular complexity index is 511. The maximum Gasteiger partial charge on any atom is 0.407 e. The first-order valence-electron chi connectivity index (χ1n) is 7.77. The van der Waals surface area contributed by atoms with Crippen molar-refractivity contribution in [1.82, 2.24) is 10.2 Å². The molecule has 1 aliphatic rings. The van der Waals surface area contributed by atoms with Gasteiger partial charge in [0, 0.05) is 26.2 Å². The van der Waals surface area contributed by atoms with Crippen LogP contribution in [0.5, 0.6) is 0 Å². The van der Waals surface area contributed by atoms with Gasteiger partial charge in [-0.1, -0.05) is 24.3 Å². The minimum atomic E-state index is -0.599. The van der Waals surface area contributed by atoms with E-state index >= 15 is 0 Å². The molecule has 0 saturated heterocycles. The molecule has 1 aromatic rings. The number of nitrogens with one attached hydrogen (secondary N) is 1. The molecule has 0 spiro atoms. The monoisotopic (exact) mass is 306 g/mol. The first-order valence-corrected chi connectivity index (χ1v) is 7.77. The van der Waals surface area contributed by atoms with Gasteiger partial charge in [-0.3, -0.25) is 4.90 Å². The highest BCUT2D eigenvalue weighted by Gasteiger charge is 2.20. The molecule has 0 fully saturated rings. The minimum Gasteiger partial charge on any atom is -0.444 e. The summed E-state index contributed by atoms with van der Waals surface area (Å²) in [6, 6.07) is 8.40. The largest absolute Gasteiger partial charge is 0.444 e. The summed E-state index contributed by atoms with van der Waals surface area (Å²) in [5.74, 6) is 0. The minimum absolute atomic E-state index is 0.201. The van der Waals surface area contributed by atoms with Gasteiger partial charge >= 0.3 is 6.09 Å². The van der Waals surface area contributed by atoms with Crippen LogP contribution in [-0.4, -0.2) is 47.4 Å². The number of ether oxygens (including phenoxy) is 1. The van der Waals surface area contributed by atoms with Crippen molar-refractivity contribution in [1.29, 1.82) is 0 Å². The summed E-state index contributed by atoms with van der Waals surface area (Å²) in [6.07, 6.45) is -0.0871. The Labute approximate surface area is 132 Å². The van der Waals surface area contributed by atoms with E-state index in [2.05, 4.69) is 28.4 Å². The van der Waals surface area contributed by atoms with E-state index in [9.17, 15) is 9.90 Å². The Kier molecular flexibility index (Phi) is 5.42. The molecule has 0 unspecified atom stereocenters. The van der Waals surface area contributed by atoms with Crippen LogP contribution >= 0.6 is 0 Å². The Balaban J connectivity index is 1.74. The van der Waals surface area contributed by atoms with Gasteiger partial charge in [0.05, 0.1) is 6.10 Å². The summed E-state index contributed by atoms with van der Waals surface area (Å²) in [6.45, 7) is 7.97. The van der Waals surface area contributed by atoms with Crippen LogP contribution in [0, 0.1) is 0 Å². The van der Waals surface area contributed by atoms with Crippen molar-refractivity contribution in [2.24, 2.45) is 0 Å². The van der Waals surface area contributed by atoms with E-state index in [4.69, 9.17) is 4.74 Å². The second-order valence-electron chi connectivity index (χ2n) is 6.79. The first-order chi connectivity index (χ1) is 10.3. The van der Waals surface area contributed by atoms with Crippen molar-refractivity contribution in [2.45, 2.75) is 45.4 Å². The predicted octanol–water partition coefficient (Wildman–Crippen LogP) is 1.93. The smallest absolute Gasteiger partial charge is 0.407 e. The number of carbonyl (C=O) groups excluding carboxylic acids is 1. The van der Waals surface area contributed by atoms with E-state index in [-0.39, 0.29) is 6.54 Å². The molecule has 1 atom stereocenters. The predicted molar refractivity (Wildman–Crippen MR) is 85.7 cm³/mol. The lowest BCUT2D eigenvalue weighted by molar-refractivity contribution is 0.0464. The van der Waals surface area contributed by atoms with Gasteiger partial charge in [0.25, 0.3) is 0 Å². The number of rotatable bonds is 4. The van der Waals surface area contributed by atoms with Crippen molar-refractivity contribution in [3.63, 3.8) is 0 Å². The fourth-order valence-corrected chi connectivity index (χ4v) is 2.59. The number of aliphatic hydroxyl groups is 1. The number of alkyl carbamates (subject to hydrolysis) is 1. The summed E-state index contributed by atoms with van der Waals surface area (Å²) >= 11 is 0. The fraction of sp³-hybridized carbons (Fsp3) is 0.588. The van der Waals surface area contributed by atoms with E-state index in [0.717, 1.165) is 19.5 Å². The molecule has 0 aromatic heterocycles. The van der Waals surface area contributed by atoms with E-state index < -0.39 is 17.8 Å². The SMILES string of the molecule is CC(C)(C)OC(=O)NC[C@H](O)CN1CCc2ccccc2C1. The normalized spacial score (nSPS) is 16.7. The lowest BCUT2D eigenvalue weighted by atomic mass is 10.00. The molecule has 0 saturated carbocycles. The molecule has 2 rings (SSSR count). The van der Waals surface area contributed by atoms with Crippen molar-refractivity contribution < 1.29 is 14.6 Å². The fourth-order valence-electron chi connectivity index (χ4n) is 2.59. The maximum atomic E-state index is 11.6. The van der Waals surface area contributed by atoms with E-state index in [1.807, 2.05) is 26.8 Å². The summed E-state index contributed by atoms with van der Waals surface area (Å²) in [5.41, 5.74) is 2.19. The molecule has 0 bridgehead atoms. The average Bonchev–Trinajstić information content (AvgIpc) is 2.43. The van der Waals surface area contributed by atoms with Crippen LogP contribution in [0.15, 0.2) is 24.3 Å². The summed E-state index contributed by atoms with van der Waals surface area (Å²) in [5, 5.41) is 12.7. The molecule has 1 amide bonds. The van der Waals surface area contributed by atoms with Crippen molar-refractivity contribution in [3.8, 4) is 0 Å². The highest BCUT2D eigenvalue weighted by atomic mass is 16.6. The van der Waals surface area contributed by atoms with Crippen LogP contribution in [0.3, 0.4) is 0 Å². The van der Waals surface area contributed by atoms with Crippen molar-refractivity contribution in [3.05, 3.63) is 35.4 Å². The molecular formula is C17H26N2O3. The number of benzene rings is 1. The molecule has 122 valence electrons. The quantitative estimate of drug-likeness (QED) is 0.892. The van der Waals surface area contributed by atoms with Crippen LogP contribution < -0.4 is 5.32 Å². The van der Waals surface area contributed by atoms with Crippen LogP contribution in [-0.2, 0) is 17.7 Å². The second kappa shape index (κ2) is 7.11. The molecule has 0 aliphatic carbocycles. The van der Waals surface area contributed by atoms with Gasteiger partial charge in [-0.2, -0.15) is 0 Å². The molecule has 1 aliphatic heterocycles. The van der Waals surface area contributed by atoms with Crippen LogP contribution in [0.2, 0.25) is 0 Å². The Hall–Kier alpha value is -1.59. The zero-order chi connectivity index (χ0) is 16.2. The van der Waals surface area contributed by atoms with Gasteiger partial charge in [-0.05, 0) is 38.3 Å². The lowest BCUT2D eigenvalue weighted by Crippen LogP contribution is -2.43. The summed E-state index contributed by atoms with van der Waals surface area (Å²) in [4.78, 5) is 13.8. The number of hydrogen-bond donors (Lipinski definition) is 2. The maximum absolute atomic E-state index is 11.6. The zero-order valence-electron chi connectivity index (χ0n) is 13.6. The van der Waals surface area contributed by atoms with Gasteiger partial charge in [0.1, 0.15) is 5.60 Å². The zero-order valence-corrected chi connectivity index (χ0v) is 13.6. The van der Waals surface area contributed by atoms with E-state index in [1.165, 1.54) is 11.1 Å². The lowest BCUT2D eigenvalue weighted by Gasteiger charge is -2.30. The second-order valence-corrected chi connectivity index (χ2v) is 6.79. The van der Waals surface area contributed by atoms with Crippen LogP contribution in [0.4, 0.5) is 4.79 Å². The standard InChI is InChI=1S/C17H26N2O3/c1-17(2,3)22-16(21)18-10-15(20)12-19-9-8-13-6-4-5-7-14(13)11-19/h4-7,15,20H,8-12H2,1-3H3,(H,18,21)/t15-/m0/s1. The first kappa shape index (κ1) is 16.8. The van der Waals surface area contributed by atoms with Gasteiger partial charge in [0.2, 0.25) is 0 Å². The number of aliphatic hydroxyl groups excluding tert-OH is 1. The van der Waals surface area contributed by atoms with Gasteiger partial charge < -0.3 is 15.2 Å². The summed E-state index contributed by atoms with van der Waals surface area (Å²) < 4.78 is 5.15. The number of nitrogens with zero attached hydrogens (tertiary/aromatic N) is 1. The average molecular weight is 306 g/mol. The van der Waals surface area contributed by atoms with Crippen molar-refractivity contribution >= 4 is 6.09 Å². The molecule has 5 nitrogen and oxygen atoms in total. The van der Waals surface area contributed by atoms with Crippen LogP contribution in [0.1, 0.15) is 31.9 Å². The van der Waals surface area contributed by atoms with Crippen molar-refractivity contribution in [2.75, 3.05) is 19.6 Å². The van der Waals surface area contributed by atoms with Gasteiger partial charge in [-0.25, -0.2) is 4.79 Å². The Morgan fingerprint density at radius 3 is 2.73 bits per heavy atom. The van der Waals surface area contributed by atoms with E-state index in [0.29, 0.717) is 6.54 Å². The molecule has 1 heterocycles. The summed E-state index contributed by atoms with van der Waals surface area (Å²) in [7, 11) is 0.